The molecule has 3 heterocycles. The number of aromatic nitrogens is 2. The average Bonchev–Trinajstić information content (AvgIpc) is 3.08. The molecule has 0 atom stereocenters. The molecule has 2 aliphatic heterocycles. The minimum Gasteiger partial charge on any atom is -0.501 e. The van der Waals surface area contributed by atoms with Crippen LogP contribution >= 0.6 is 0 Å². The predicted molar refractivity (Wildman–Crippen MR) is 90.0 cm³/mol. The number of amides is 1. The highest BCUT2D eigenvalue weighted by Gasteiger charge is 2.57. The van der Waals surface area contributed by atoms with Gasteiger partial charge in [0.2, 0.25) is 5.75 Å². The van der Waals surface area contributed by atoms with E-state index in [1.165, 1.54) is 12.1 Å². The number of carbonyl (C=O) groups excluding carboxylic acids is 1. The van der Waals surface area contributed by atoms with Crippen molar-refractivity contribution in [2.75, 3.05) is 13.6 Å². The van der Waals surface area contributed by atoms with E-state index in [9.17, 15) is 19.4 Å². The highest BCUT2D eigenvalue weighted by atomic mass is 19.1. The van der Waals surface area contributed by atoms with E-state index >= 15 is 0 Å². The Kier molecular flexibility index (Phi) is 3.80. The summed E-state index contributed by atoms with van der Waals surface area (Å²) in [5.41, 5.74) is 0.0726. The van der Waals surface area contributed by atoms with Gasteiger partial charge in [0.25, 0.3) is 11.8 Å². The fourth-order valence-electron chi connectivity index (χ4n) is 3.93. The number of nitrogens with zero attached hydrogens (tertiary/aromatic N) is 3. The van der Waals surface area contributed by atoms with Gasteiger partial charge in [-0.15, -0.1) is 0 Å². The van der Waals surface area contributed by atoms with Gasteiger partial charge in [-0.3, -0.25) is 9.69 Å². The molecule has 3 fully saturated rings. The van der Waals surface area contributed by atoms with E-state index in [1.54, 1.807) is 12.1 Å². The zero-order chi connectivity index (χ0) is 18.5. The second kappa shape index (κ2) is 5.91. The van der Waals surface area contributed by atoms with E-state index in [0.717, 1.165) is 19.4 Å². The lowest BCUT2D eigenvalue weighted by Crippen LogP contribution is -2.43. The number of halogens is 1. The van der Waals surface area contributed by atoms with Crippen LogP contribution < -0.4 is 5.32 Å². The first-order chi connectivity index (χ1) is 12.4. The molecule has 1 aromatic heterocycles. The summed E-state index contributed by atoms with van der Waals surface area (Å²) in [6, 6.07) is 5.71. The van der Waals surface area contributed by atoms with Crippen LogP contribution in [0, 0.1) is 11.7 Å². The second-order valence-corrected chi connectivity index (χ2v) is 7.06. The van der Waals surface area contributed by atoms with Crippen molar-refractivity contribution in [2.24, 2.45) is 5.92 Å². The minimum absolute atomic E-state index is 0.145. The molecular weight excluding hydrogens is 339 g/mol. The molecule has 5 rings (SSSR count). The van der Waals surface area contributed by atoms with Gasteiger partial charge in [-0.2, -0.15) is 4.98 Å². The van der Waals surface area contributed by atoms with Gasteiger partial charge >= 0.3 is 0 Å². The van der Waals surface area contributed by atoms with E-state index in [1.807, 2.05) is 7.05 Å². The van der Waals surface area contributed by atoms with Gasteiger partial charge in [-0.05, 0) is 43.5 Å². The number of aromatic hydroxyl groups is 2. The molecule has 8 heteroatoms. The smallest absolute Gasteiger partial charge is 0.274 e. The first kappa shape index (κ1) is 16.7. The maximum absolute atomic E-state index is 12.9. The quantitative estimate of drug-likeness (QED) is 0.766. The number of rotatable bonds is 4. The molecule has 7 nitrogen and oxygen atoms in total. The van der Waals surface area contributed by atoms with Crippen molar-refractivity contribution in [1.29, 1.82) is 0 Å². The van der Waals surface area contributed by atoms with Crippen molar-refractivity contribution in [3.05, 3.63) is 47.2 Å². The van der Waals surface area contributed by atoms with Crippen molar-refractivity contribution in [3.63, 3.8) is 0 Å². The Labute approximate surface area is 149 Å². The molecule has 2 aromatic rings. The summed E-state index contributed by atoms with van der Waals surface area (Å²) in [5.74, 6) is -1.29. The van der Waals surface area contributed by atoms with E-state index < -0.39 is 17.5 Å². The largest absolute Gasteiger partial charge is 0.501 e. The molecule has 0 spiro atoms. The van der Waals surface area contributed by atoms with Crippen LogP contribution in [0.2, 0.25) is 0 Å². The van der Waals surface area contributed by atoms with Gasteiger partial charge in [0.1, 0.15) is 5.82 Å². The summed E-state index contributed by atoms with van der Waals surface area (Å²) >= 11 is 0. The highest BCUT2D eigenvalue weighted by Crippen LogP contribution is 2.55. The number of benzene rings is 1. The second-order valence-electron chi connectivity index (χ2n) is 7.06. The van der Waals surface area contributed by atoms with E-state index in [0.29, 0.717) is 17.3 Å². The van der Waals surface area contributed by atoms with Crippen molar-refractivity contribution >= 4 is 5.91 Å². The summed E-state index contributed by atoms with van der Waals surface area (Å²) < 4.78 is 12.9. The monoisotopic (exact) mass is 358 g/mol. The fraction of sp³-hybridized carbons (Fsp3) is 0.389. The Morgan fingerprint density at radius 1 is 1.31 bits per heavy atom. The Morgan fingerprint density at radius 2 is 2.00 bits per heavy atom. The first-order valence-electron chi connectivity index (χ1n) is 8.43. The van der Waals surface area contributed by atoms with Crippen molar-refractivity contribution < 1.29 is 19.4 Å². The molecule has 0 unspecified atom stereocenters. The predicted octanol–water partition coefficient (Wildman–Crippen LogP) is 1.51. The molecule has 136 valence electrons. The molecule has 1 saturated carbocycles. The van der Waals surface area contributed by atoms with Gasteiger partial charge in [0.15, 0.2) is 11.5 Å². The third-order valence-electron chi connectivity index (χ3n) is 5.38. The summed E-state index contributed by atoms with van der Waals surface area (Å²) in [5, 5.41) is 22.6. The Hall–Kier alpha value is -2.74. The lowest BCUT2D eigenvalue weighted by molar-refractivity contribution is 0.0932. The zero-order valence-corrected chi connectivity index (χ0v) is 14.2. The molecule has 1 amide bonds. The van der Waals surface area contributed by atoms with Crippen LogP contribution in [0.15, 0.2) is 24.3 Å². The molecule has 2 bridgehead atoms. The van der Waals surface area contributed by atoms with Crippen molar-refractivity contribution in [2.45, 2.75) is 24.9 Å². The maximum atomic E-state index is 12.9. The topological polar surface area (TPSA) is 98.6 Å². The Morgan fingerprint density at radius 3 is 2.62 bits per heavy atom. The number of fused-ring (bicyclic) bond motifs is 1. The van der Waals surface area contributed by atoms with Gasteiger partial charge in [-0.1, -0.05) is 12.1 Å². The first-order valence-corrected chi connectivity index (χ1v) is 8.43. The third-order valence-corrected chi connectivity index (χ3v) is 5.38. The van der Waals surface area contributed by atoms with Crippen LogP contribution in [0.4, 0.5) is 4.39 Å². The summed E-state index contributed by atoms with van der Waals surface area (Å²) in [7, 11) is 1.97. The van der Waals surface area contributed by atoms with Crippen molar-refractivity contribution in [3.8, 4) is 11.6 Å². The molecule has 26 heavy (non-hydrogen) atoms. The zero-order valence-electron chi connectivity index (χ0n) is 14.2. The van der Waals surface area contributed by atoms with E-state index in [2.05, 4.69) is 20.2 Å². The standard InChI is InChI=1S/C18H19FN4O3/c1-23-9-11-6-18(23,7-11)17-21-13(14(24)16(26)22-17)15(25)20-8-10-2-4-12(19)5-3-10/h2-5,11,24H,6-9H2,1H3,(H,20,25)(H,21,22,26). The van der Waals surface area contributed by atoms with Gasteiger partial charge in [0.05, 0.1) is 5.54 Å². The average molecular weight is 358 g/mol. The molecule has 0 radical (unpaired) electrons. The Balaban J connectivity index is 1.57. The van der Waals surface area contributed by atoms with Crippen molar-refractivity contribution in [1.82, 2.24) is 20.2 Å². The lowest BCUT2D eigenvalue weighted by Gasteiger charge is -2.39. The SMILES string of the molecule is CN1CC2CC1(c1nc(O)c(O)c(C(=O)NCc3ccc(F)cc3)n1)C2. The molecule has 3 aliphatic rings. The van der Waals surface area contributed by atoms with Crippen LogP contribution in [0.5, 0.6) is 11.6 Å². The van der Waals surface area contributed by atoms with Crippen LogP contribution in [-0.2, 0) is 12.1 Å². The molecule has 2 saturated heterocycles. The van der Waals surface area contributed by atoms with E-state index in [4.69, 9.17) is 0 Å². The minimum atomic E-state index is -0.640. The summed E-state index contributed by atoms with van der Waals surface area (Å²) in [6.45, 7) is 1.07. The number of nitrogens with one attached hydrogen (secondary N) is 1. The number of hydrogen-bond donors (Lipinski definition) is 3. The molecule has 1 aromatic carbocycles. The van der Waals surface area contributed by atoms with Crippen LogP contribution in [0.1, 0.15) is 34.7 Å². The van der Waals surface area contributed by atoms with Crippen LogP contribution in [0.3, 0.4) is 0 Å². The maximum Gasteiger partial charge on any atom is 0.274 e. The summed E-state index contributed by atoms with van der Waals surface area (Å²) in [6.07, 6.45) is 1.76. The Bertz CT molecular complexity index is 865. The van der Waals surface area contributed by atoms with Crippen LogP contribution in [-0.4, -0.2) is 44.6 Å². The molecular formula is C18H19FN4O3. The normalized spacial score (nSPS) is 24.3. The molecule has 3 N–H and O–H groups in total. The van der Waals surface area contributed by atoms with Gasteiger partial charge in [0, 0.05) is 13.1 Å². The van der Waals surface area contributed by atoms with Crippen LogP contribution in [0.25, 0.3) is 0 Å². The van der Waals surface area contributed by atoms with Gasteiger partial charge in [-0.25, -0.2) is 9.37 Å². The highest BCUT2D eigenvalue weighted by molar-refractivity contribution is 5.95. The van der Waals surface area contributed by atoms with E-state index in [-0.39, 0.29) is 23.6 Å². The summed E-state index contributed by atoms with van der Waals surface area (Å²) in [4.78, 5) is 22.9. The van der Waals surface area contributed by atoms with Gasteiger partial charge < -0.3 is 15.5 Å². The third kappa shape index (κ3) is 2.57. The lowest BCUT2D eigenvalue weighted by atomic mass is 9.72. The number of hydrogen-bond acceptors (Lipinski definition) is 6. The number of carbonyl (C=O) groups is 1. The fourth-order valence-corrected chi connectivity index (χ4v) is 3.93. The molecule has 1 aliphatic carbocycles.